The molecular weight excluding hydrogens is 829 g/mol. The van der Waals surface area contributed by atoms with Crippen LogP contribution < -0.4 is 21.8 Å². The third-order valence-electron chi connectivity index (χ3n) is 11.2. The molecule has 2 aromatic carbocycles. The summed E-state index contributed by atoms with van der Waals surface area (Å²) in [6.45, 7) is 15.1. The van der Waals surface area contributed by atoms with Crippen LogP contribution in [-0.2, 0) is 19.2 Å². The van der Waals surface area contributed by atoms with E-state index in [9.17, 15) is 28.8 Å². The van der Waals surface area contributed by atoms with Gasteiger partial charge in [0.25, 0.3) is 11.1 Å². The molecule has 12 nitrogen and oxygen atoms in total. The van der Waals surface area contributed by atoms with Crippen LogP contribution in [0.3, 0.4) is 0 Å². The number of ketones is 2. The van der Waals surface area contributed by atoms with Crippen LogP contribution in [0.15, 0.2) is 144 Å². The number of amides is 2. The van der Waals surface area contributed by atoms with Gasteiger partial charge in [-0.2, -0.15) is 0 Å². The van der Waals surface area contributed by atoms with Crippen molar-refractivity contribution in [1.82, 2.24) is 29.7 Å². The van der Waals surface area contributed by atoms with Gasteiger partial charge in [-0.1, -0.05) is 88.4 Å². The molecule has 12 heteroatoms. The molecule has 0 saturated carbocycles. The van der Waals surface area contributed by atoms with E-state index in [0.717, 1.165) is 44.8 Å². The van der Waals surface area contributed by atoms with Gasteiger partial charge in [0, 0.05) is 60.9 Å². The summed E-state index contributed by atoms with van der Waals surface area (Å²) >= 11 is 0. The van der Waals surface area contributed by atoms with Crippen molar-refractivity contribution in [3.63, 3.8) is 0 Å². The van der Waals surface area contributed by atoms with Crippen molar-refractivity contribution >= 4 is 23.4 Å². The Balaban J connectivity index is 0.000000247. The van der Waals surface area contributed by atoms with E-state index < -0.39 is 24.2 Å². The molecule has 4 atom stereocenters. The van der Waals surface area contributed by atoms with Crippen LogP contribution in [0.2, 0.25) is 0 Å². The molecule has 4 heterocycles. The molecule has 0 saturated heterocycles. The third kappa shape index (κ3) is 14.0. The molecule has 0 aliphatic carbocycles. The molecule has 0 radical (unpaired) electrons. The van der Waals surface area contributed by atoms with Crippen LogP contribution in [0.5, 0.6) is 0 Å². The van der Waals surface area contributed by atoms with Crippen LogP contribution in [0.4, 0.5) is 0 Å². The molecule has 0 aliphatic rings. The quantitative estimate of drug-likeness (QED) is 0.0863. The molecular formula is C54H62N6O6. The topological polar surface area (TPSA) is 162 Å². The Labute approximate surface area is 387 Å². The van der Waals surface area contributed by atoms with Crippen molar-refractivity contribution in [3.8, 4) is 22.5 Å². The lowest BCUT2D eigenvalue weighted by Crippen LogP contribution is -2.39. The molecule has 0 aliphatic heterocycles. The lowest BCUT2D eigenvalue weighted by molar-refractivity contribution is -0.127. The van der Waals surface area contributed by atoms with Gasteiger partial charge in [0.05, 0.1) is 23.5 Å². The van der Waals surface area contributed by atoms with Crippen molar-refractivity contribution in [2.24, 2.45) is 11.8 Å². The van der Waals surface area contributed by atoms with Gasteiger partial charge >= 0.3 is 0 Å². The van der Waals surface area contributed by atoms with E-state index in [1.165, 1.54) is 35.1 Å². The fourth-order valence-electron chi connectivity index (χ4n) is 7.94. The Morgan fingerprint density at radius 1 is 0.530 bits per heavy atom. The van der Waals surface area contributed by atoms with Gasteiger partial charge in [-0.05, 0) is 111 Å². The minimum Gasteiger partial charge on any atom is -0.347 e. The molecule has 2 amide bonds. The van der Waals surface area contributed by atoms with E-state index in [4.69, 9.17) is 0 Å². The maximum Gasteiger partial charge on any atom is 0.251 e. The standard InChI is InChI=1S/2C27H31N3O3/c2*1-18(2)15-25(30-14-8-7-11-26(30)32)27(33)29-23(16-20(4)31)21-12-13-28-24(17-21)22-10-6-5-9-19(22)3/h2*5-14,17-18,23,25H,15-16H2,1-4H3,(H,29,33)/t23-,25?;23-,25-/m00/s1. The first kappa shape index (κ1) is 49.9. The number of hydrogen-bond donors (Lipinski definition) is 2. The highest BCUT2D eigenvalue weighted by molar-refractivity contribution is 5.83. The number of carbonyl (C=O) groups excluding carboxylic acids is 4. The monoisotopic (exact) mass is 890 g/mol. The van der Waals surface area contributed by atoms with Crippen molar-refractivity contribution in [3.05, 3.63) is 177 Å². The van der Waals surface area contributed by atoms with Gasteiger partial charge < -0.3 is 19.8 Å². The van der Waals surface area contributed by atoms with E-state index in [1.807, 2.05) is 114 Å². The van der Waals surface area contributed by atoms with E-state index in [0.29, 0.717) is 12.8 Å². The zero-order chi connectivity index (χ0) is 47.9. The number of hydrogen-bond acceptors (Lipinski definition) is 8. The second-order valence-electron chi connectivity index (χ2n) is 17.7. The Bertz CT molecular complexity index is 2550. The minimum absolute atomic E-state index is 0.0353. The molecule has 66 heavy (non-hydrogen) atoms. The van der Waals surface area contributed by atoms with Crippen molar-refractivity contribution in [2.75, 3.05) is 0 Å². The number of pyridine rings is 4. The number of carbonyl (C=O) groups is 4. The lowest BCUT2D eigenvalue weighted by atomic mass is 9.97. The maximum atomic E-state index is 13.4. The average Bonchev–Trinajstić information content (AvgIpc) is 3.27. The van der Waals surface area contributed by atoms with Crippen LogP contribution in [0, 0.1) is 25.7 Å². The fraction of sp³-hybridized carbons (Fsp3) is 0.333. The summed E-state index contributed by atoms with van der Waals surface area (Å²) in [6, 6.07) is 30.7. The number of nitrogens with one attached hydrogen (secondary N) is 2. The highest BCUT2D eigenvalue weighted by Crippen LogP contribution is 2.29. The van der Waals surface area contributed by atoms with Crippen molar-refractivity contribution in [2.45, 2.75) is 105 Å². The third-order valence-corrected chi connectivity index (χ3v) is 11.2. The molecule has 344 valence electrons. The Kier molecular flexibility index (Phi) is 18.0. The molecule has 1 unspecified atom stereocenters. The summed E-state index contributed by atoms with van der Waals surface area (Å²) in [5.41, 5.74) is 6.90. The smallest absolute Gasteiger partial charge is 0.251 e. The van der Waals surface area contributed by atoms with Crippen molar-refractivity contribution < 1.29 is 19.2 Å². The maximum absolute atomic E-state index is 13.4. The molecule has 6 aromatic rings. The second-order valence-corrected chi connectivity index (χ2v) is 17.7. The largest absolute Gasteiger partial charge is 0.347 e. The van der Waals surface area contributed by atoms with E-state index in [2.05, 4.69) is 20.6 Å². The predicted octanol–water partition coefficient (Wildman–Crippen LogP) is 9.29. The summed E-state index contributed by atoms with van der Waals surface area (Å²) in [5.74, 6) is -0.228. The molecule has 0 bridgehead atoms. The first-order valence-electron chi connectivity index (χ1n) is 22.5. The fourth-order valence-corrected chi connectivity index (χ4v) is 7.94. The Morgan fingerprint density at radius 2 is 0.894 bits per heavy atom. The van der Waals surface area contributed by atoms with Gasteiger partial charge in [0.15, 0.2) is 0 Å². The van der Waals surface area contributed by atoms with Gasteiger partial charge in [-0.3, -0.25) is 38.7 Å². The van der Waals surface area contributed by atoms with E-state index in [1.54, 1.807) is 49.1 Å². The zero-order valence-corrected chi connectivity index (χ0v) is 39.2. The van der Waals surface area contributed by atoms with Gasteiger partial charge in [0.1, 0.15) is 23.7 Å². The Morgan fingerprint density at radius 3 is 1.23 bits per heavy atom. The molecule has 0 spiro atoms. The second kappa shape index (κ2) is 23.7. The van der Waals surface area contributed by atoms with Crippen LogP contribution >= 0.6 is 0 Å². The highest BCUT2D eigenvalue weighted by Gasteiger charge is 2.28. The normalized spacial score (nSPS) is 12.9. The molecule has 0 fully saturated rings. The number of benzene rings is 2. The summed E-state index contributed by atoms with van der Waals surface area (Å²) < 4.78 is 2.93. The number of rotatable bonds is 18. The van der Waals surface area contributed by atoms with Gasteiger partial charge in [-0.15, -0.1) is 0 Å². The highest BCUT2D eigenvalue weighted by atomic mass is 16.2. The number of Topliss-reactive ketones (excluding diaryl/α,β-unsaturated/α-hetero) is 2. The summed E-state index contributed by atoms with van der Waals surface area (Å²) in [7, 11) is 0. The first-order chi connectivity index (χ1) is 31.5. The van der Waals surface area contributed by atoms with Crippen LogP contribution in [0.25, 0.3) is 22.5 Å². The minimum atomic E-state index is -0.661. The first-order valence-corrected chi connectivity index (χ1v) is 22.5. The van der Waals surface area contributed by atoms with E-state index >= 15 is 0 Å². The lowest BCUT2D eigenvalue weighted by Gasteiger charge is -2.25. The van der Waals surface area contributed by atoms with Gasteiger partial charge in [-0.25, -0.2) is 0 Å². The SMILES string of the molecule is CC(=O)C[C@H](NC(=O)C(CC(C)C)n1ccccc1=O)c1ccnc(-c2ccccc2C)c1.CC(=O)C[C@H](NC(=O)[C@H](CC(C)C)n1ccccc1=O)c1ccnc(-c2ccccc2C)c1. The van der Waals surface area contributed by atoms with Crippen LogP contribution in [-0.4, -0.2) is 42.5 Å². The zero-order valence-electron chi connectivity index (χ0n) is 39.2. The predicted molar refractivity (Wildman–Crippen MR) is 260 cm³/mol. The van der Waals surface area contributed by atoms with Crippen molar-refractivity contribution in [1.29, 1.82) is 0 Å². The number of aryl methyl sites for hydroxylation is 2. The summed E-state index contributed by atoms with van der Waals surface area (Å²) in [5, 5.41) is 6.08. The summed E-state index contributed by atoms with van der Waals surface area (Å²) in [6.07, 6.45) is 7.99. The summed E-state index contributed by atoms with van der Waals surface area (Å²) in [4.78, 5) is 84.8. The molecule has 2 N–H and O–H groups in total. The van der Waals surface area contributed by atoms with Gasteiger partial charge in [0.2, 0.25) is 11.8 Å². The molecule has 4 aromatic heterocycles. The number of aromatic nitrogens is 4. The molecule has 6 rings (SSSR count). The Hall–Kier alpha value is -7.08. The number of nitrogens with zero attached hydrogens (tertiary/aromatic N) is 4. The van der Waals surface area contributed by atoms with Crippen LogP contribution in [0.1, 0.15) is 114 Å². The van der Waals surface area contributed by atoms with E-state index in [-0.39, 0.29) is 59.2 Å². The average molecular weight is 891 g/mol.